The number of rotatable bonds is 19. The fourth-order valence-electron chi connectivity index (χ4n) is 2.83. The fraction of sp³-hybridized carbons (Fsp3) is 0.818. The van der Waals surface area contributed by atoms with Crippen LogP contribution in [0.15, 0.2) is 17.5 Å². The van der Waals surface area contributed by atoms with Gasteiger partial charge in [-0.15, -0.1) is 36.9 Å². The lowest BCUT2D eigenvalue weighted by atomic mass is 10.1. The topological polar surface area (TPSA) is 18.5 Å². The molecule has 1 unspecified atom stereocenters. The third-order valence-corrected chi connectivity index (χ3v) is 7.00. The van der Waals surface area contributed by atoms with Crippen LogP contribution in [-0.4, -0.2) is 25.7 Å². The van der Waals surface area contributed by atoms with Gasteiger partial charge in [-0.25, -0.2) is 0 Å². The van der Waals surface area contributed by atoms with E-state index in [1.54, 1.807) is 4.88 Å². The highest BCUT2D eigenvalue weighted by Gasteiger charge is 2.08. The van der Waals surface area contributed by atoms with Gasteiger partial charge >= 0.3 is 0 Å². The van der Waals surface area contributed by atoms with Gasteiger partial charge < -0.3 is 9.47 Å². The Morgan fingerprint density at radius 3 is 2.11 bits per heavy atom. The van der Waals surface area contributed by atoms with Crippen LogP contribution in [-0.2, 0) is 15.6 Å². The summed E-state index contributed by atoms with van der Waals surface area (Å²) < 4.78 is 11.8. The lowest BCUT2D eigenvalue weighted by Gasteiger charge is -2.18. The second-order valence-electron chi connectivity index (χ2n) is 7.04. The van der Waals surface area contributed by atoms with Gasteiger partial charge in [-0.2, -0.15) is 0 Å². The van der Waals surface area contributed by atoms with E-state index in [-0.39, 0.29) is 23.3 Å². The van der Waals surface area contributed by atoms with Crippen LogP contribution in [0.25, 0.3) is 0 Å². The molecule has 1 aromatic heterocycles. The summed E-state index contributed by atoms with van der Waals surface area (Å²) in [5.74, 6) is 0. The van der Waals surface area contributed by atoms with Crippen molar-refractivity contribution in [3.8, 4) is 0 Å². The van der Waals surface area contributed by atoms with Crippen LogP contribution in [0.1, 0.15) is 89.4 Å². The summed E-state index contributed by atoms with van der Waals surface area (Å²) in [4.78, 5) is 1.56. The lowest BCUT2D eigenvalue weighted by molar-refractivity contribution is -0.147. The van der Waals surface area contributed by atoms with Crippen molar-refractivity contribution in [3.63, 3.8) is 0 Å². The van der Waals surface area contributed by atoms with Crippen molar-refractivity contribution in [2.24, 2.45) is 0 Å². The predicted octanol–water partition coefficient (Wildman–Crippen LogP) is 8.19. The van der Waals surface area contributed by atoms with Crippen molar-refractivity contribution in [2.45, 2.75) is 96.9 Å². The Labute approximate surface area is 184 Å². The van der Waals surface area contributed by atoms with E-state index in [1.807, 2.05) is 11.3 Å². The molecule has 0 aliphatic heterocycles. The monoisotopic (exact) mass is 480 g/mol. The van der Waals surface area contributed by atoms with Gasteiger partial charge in [-0.3, -0.25) is 0 Å². The quantitative estimate of drug-likeness (QED) is 0.113. The summed E-state index contributed by atoms with van der Waals surface area (Å²) in [5, 5.41) is 2.19. The highest BCUT2D eigenvalue weighted by molar-refractivity contribution is 8.93. The molecule has 2 nitrogen and oxygen atoms in total. The highest BCUT2D eigenvalue weighted by atomic mass is 79.9. The van der Waals surface area contributed by atoms with Crippen molar-refractivity contribution in [2.75, 3.05) is 19.4 Å². The Kier molecular flexibility index (Phi) is 21.7. The number of unbranched alkanes of at least 4 members (excludes halogenated alkanes) is 7. The Balaban J connectivity index is 0.00000676. The summed E-state index contributed by atoms with van der Waals surface area (Å²) in [6, 6.07) is 4.43. The second kappa shape index (κ2) is 21.2. The average molecular weight is 482 g/mol. The van der Waals surface area contributed by atoms with Crippen LogP contribution >= 0.6 is 36.9 Å². The zero-order valence-corrected chi connectivity index (χ0v) is 21.1. The number of hydrogen-bond acceptors (Lipinski definition) is 3. The van der Waals surface area contributed by atoms with E-state index >= 15 is 0 Å². The molecular weight excluding hydrogens is 439 g/mol. The first-order chi connectivity index (χ1) is 12.9. The third-order valence-electron chi connectivity index (χ3n) is 4.53. The van der Waals surface area contributed by atoms with Crippen LogP contribution in [0, 0.1) is 0 Å². The predicted molar refractivity (Wildman–Crippen MR) is 129 cm³/mol. The highest BCUT2D eigenvalue weighted by Crippen LogP contribution is 2.23. The third kappa shape index (κ3) is 17.1. The molecule has 1 rings (SSSR count). The SMILES string of the molecule is Br.CCCCOC(CCCCCCCCPCc1cccs1)OCCCC. The standard InChI is InChI=1S/C22H41O2PS.BrH/c1-3-5-16-23-22(24-17-6-4-2)15-11-9-7-8-10-12-18-25-20-21-14-13-19-26-21;/h13-14,19,22,25H,3-12,15-18,20H2,1-2H3;1H. The van der Waals surface area contributed by atoms with Crippen molar-refractivity contribution in [3.05, 3.63) is 22.4 Å². The summed E-state index contributed by atoms with van der Waals surface area (Å²) in [5.41, 5.74) is 0. The maximum absolute atomic E-state index is 5.91. The molecule has 0 N–H and O–H groups in total. The number of halogens is 1. The first-order valence-electron chi connectivity index (χ1n) is 10.8. The van der Waals surface area contributed by atoms with E-state index in [1.165, 1.54) is 63.7 Å². The number of thiophene rings is 1. The van der Waals surface area contributed by atoms with E-state index < -0.39 is 0 Å². The molecule has 0 saturated carbocycles. The molecule has 0 aromatic carbocycles. The molecule has 1 aromatic rings. The minimum atomic E-state index is 0. The van der Waals surface area contributed by atoms with Crippen LogP contribution in [0.5, 0.6) is 0 Å². The molecule has 0 bridgehead atoms. The normalized spacial score (nSPS) is 11.5. The molecule has 0 fully saturated rings. The van der Waals surface area contributed by atoms with Gasteiger partial charge in [0.15, 0.2) is 6.29 Å². The van der Waals surface area contributed by atoms with E-state index in [0.29, 0.717) is 0 Å². The number of hydrogen-bond donors (Lipinski definition) is 0. The van der Waals surface area contributed by atoms with Gasteiger partial charge in [0.1, 0.15) is 0 Å². The average Bonchev–Trinajstić information content (AvgIpc) is 3.16. The van der Waals surface area contributed by atoms with Crippen LogP contribution < -0.4 is 0 Å². The van der Waals surface area contributed by atoms with Crippen LogP contribution in [0.3, 0.4) is 0 Å². The Morgan fingerprint density at radius 1 is 0.889 bits per heavy atom. The smallest absolute Gasteiger partial charge is 0.157 e. The molecule has 1 atom stereocenters. The molecule has 5 heteroatoms. The maximum Gasteiger partial charge on any atom is 0.157 e. The molecule has 0 spiro atoms. The van der Waals surface area contributed by atoms with E-state index in [0.717, 1.165) is 41.1 Å². The molecule has 0 saturated heterocycles. The van der Waals surface area contributed by atoms with Crippen molar-refractivity contribution in [1.82, 2.24) is 0 Å². The number of ether oxygens (including phenoxy) is 2. The molecule has 1 heterocycles. The molecule has 0 aliphatic rings. The Bertz CT molecular complexity index is 380. The van der Waals surface area contributed by atoms with Crippen molar-refractivity contribution >= 4 is 36.9 Å². The lowest BCUT2D eigenvalue weighted by Crippen LogP contribution is -2.18. The van der Waals surface area contributed by atoms with E-state index in [4.69, 9.17) is 9.47 Å². The molecular formula is C22H42BrO2PS. The van der Waals surface area contributed by atoms with E-state index in [2.05, 4.69) is 31.4 Å². The summed E-state index contributed by atoms with van der Waals surface area (Å²) in [7, 11) is 1.11. The maximum atomic E-state index is 5.91. The minimum absolute atomic E-state index is 0. The summed E-state index contributed by atoms with van der Waals surface area (Å²) in [6.45, 7) is 6.11. The van der Waals surface area contributed by atoms with Gasteiger partial charge in [0, 0.05) is 18.1 Å². The van der Waals surface area contributed by atoms with Gasteiger partial charge in [0.2, 0.25) is 0 Å². The first-order valence-corrected chi connectivity index (χ1v) is 13.1. The second-order valence-corrected chi connectivity index (χ2v) is 9.43. The zero-order valence-electron chi connectivity index (χ0n) is 17.5. The van der Waals surface area contributed by atoms with Gasteiger partial charge in [-0.05, 0) is 55.9 Å². The van der Waals surface area contributed by atoms with Gasteiger partial charge in [0.05, 0.1) is 0 Å². The molecule has 0 aliphatic carbocycles. The summed E-state index contributed by atoms with van der Waals surface area (Å²) in [6.07, 6.45) is 16.6. The molecule has 0 amide bonds. The minimum Gasteiger partial charge on any atom is -0.353 e. The van der Waals surface area contributed by atoms with E-state index in [9.17, 15) is 0 Å². The molecule has 0 radical (unpaired) electrons. The largest absolute Gasteiger partial charge is 0.353 e. The van der Waals surface area contributed by atoms with Crippen LogP contribution in [0.2, 0.25) is 0 Å². The first kappa shape index (κ1) is 27.5. The molecule has 27 heavy (non-hydrogen) atoms. The van der Waals surface area contributed by atoms with Crippen LogP contribution in [0.4, 0.5) is 0 Å². The Morgan fingerprint density at radius 2 is 1.52 bits per heavy atom. The van der Waals surface area contributed by atoms with Crippen molar-refractivity contribution < 1.29 is 9.47 Å². The van der Waals surface area contributed by atoms with Gasteiger partial charge in [-0.1, -0.05) is 58.4 Å². The fourth-order valence-corrected chi connectivity index (χ4v) is 5.00. The summed E-state index contributed by atoms with van der Waals surface area (Å²) >= 11 is 1.90. The van der Waals surface area contributed by atoms with Crippen molar-refractivity contribution in [1.29, 1.82) is 0 Å². The zero-order chi connectivity index (χ0) is 18.7. The molecule has 160 valence electrons. The Hall–Kier alpha value is 0.530. The van der Waals surface area contributed by atoms with Gasteiger partial charge in [0.25, 0.3) is 0 Å².